The number of carbonyl (C=O) groups is 2. The number of piperazine rings is 1. The highest BCUT2D eigenvalue weighted by molar-refractivity contribution is 6.31. The molecule has 6 nitrogen and oxygen atoms in total. The highest BCUT2D eigenvalue weighted by Gasteiger charge is 2.33. The molecule has 142 valence electrons. The summed E-state index contributed by atoms with van der Waals surface area (Å²) in [6, 6.07) is 4.11. The first-order valence-electron chi connectivity index (χ1n) is 8.85. The number of amides is 1. The van der Waals surface area contributed by atoms with E-state index in [2.05, 4.69) is 4.90 Å². The second kappa shape index (κ2) is 8.33. The van der Waals surface area contributed by atoms with Gasteiger partial charge in [0.1, 0.15) is 11.9 Å². The second-order valence-electron chi connectivity index (χ2n) is 6.82. The van der Waals surface area contributed by atoms with Gasteiger partial charge in [-0.3, -0.25) is 19.4 Å². The van der Waals surface area contributed by atoms with Crippen LogP contribution in [0.25, 0.3) is 0 Å². The summed E-state index contributed by atoms with van der Waals surface area (Å²) in [5, 5.41) is 9.63. The molecule has 0 saturated carbocycles. The van der Waals surface area contributed by atoms with Crippen LogP contribution in [0.4, 0.5) is 4.39 Å². The van der Waals surface area contributed by atoms with Crippen molar-refractivity contribution in [3.05, 3.63) is 34.6 Å². The number of rotatable bonds is 5. The summed E-state index contributed by atoms with van der Waals surface area (Å²) >= 11 is 6.08. The zero-order valence-corrected chi connectivity index (χ0v) is 15.3. The zero-order valence-electron chi connectivity index (χ0n) is 14.5. The first kappa shape index (κ1) is 19.1. The maximum absolute atomic E-state index is 13.9. The number of carboxylic acids is 1. The van der Waals surface area contributed by atoms with Gasteiger partial charge in [-0.25, -0.2) is 4.39 Å². The fraction of sp³-hybridized carbons (Fsp3) is 0.556. The molecule has 26 heavy (non-hydrogen) atoms. The first-order valence-corrected chi connectivity index (χ1v) is 9.23. The summed E-state index contributed by atoms with van der Waals surface area (Å²) in [6.45, 7) is 3.59. The second-order valence-corrected chi connectivity index (χ2v) is 7.23. The average Bonchev–Trinajstić information content (AvgIpc) is 3.07. The largest absolute Gasteiger partial charge is 0.480 e. The van der Waals surface area contributed by atoms with Crippen molar-refractivity contribution in [3.63, 3.8) is 0 Å². The molecule has 1 N–H and O–H groups in total. The van der Waals surface area contributed by atoms with Gasteiger partial charge in [-0.15, -0.1) is 0 Å². The van der Waals surface area contributed by atoms with Gasteiger partial charge in [0.05, 0.1) is 6.54 Å². The minimum absolute atomic E-state index is 0.0401. The molecule has 8 heteroatoms. The summed E-state index contributed by atoms with van der Waals surface area (Å²) in [5.74, 6) is -1.21. The van der Waals surface area contributed by atoms with Crippen LogP contribution in [0.2, 0.25) is 5.02 Å². The van der Waals surface area contributed by atoms with Crippen LogP contribution in [0.1, 0.15) is 18.4 Å². The molecule has 0 unspecified atom stereocenters. The number of nitrogens with zero attached hydrogens (tertiary/aromatic N) is 3. The molecule has 1 aromatic carbocycles. The summed E-state index contributed by atoms with van der Waals surface area (Å²) < 4.78 is 13.9. The molecule has 2 fully saturated rings. The number of halogens is 2. The van der Waals surface area contributed by atoms with Crippen molar-refractivity contribution in [1.82, 2.24) is 14.7 Å². The van der Waals surface area contributed by atoms with Gasteiger partial charge < -0.3 is 10.0 Å². The van der Waals surface area contributed by atoms with Gasteiger partial charge >= 0.3 is 5.97 Å². The summed E-state index contributed by atoms with van der Waals surface area (Å²) in [6.07, 6.45) is 1.40. The predicted molar refractivity (Wildman–Crippen MR) is 95.5 cm³/mol. The lowest BCUT2D eigenvalue weighted by Crippen LogP contribution is -2.52. The van der Waals surface area contributed by atoms with E-state index in [1.807, 2.05) is 0 Å². The molecule has 0 spiro atoms. The van der Waals surface area contributed by atoms with E-state index in [-0.39, 0.29) is 18.3 Å². The van der Waals surface area contributed by atoms with Crippen LogP contribution >= 0.6 is 11.6 Å². The van der Waals surface area contributed by atoms with E-state index < -0.39 is 12.0 Å². The maximum atomic E-state index is 13.9. The molecule has 1 amide bonds. The van der Waals surface area contributed by atoms with Crippen molar-refractivity contribution in [1.29, 1.82) is 0 Å². The number of carbonyl (C=O) groups excluding carboxylic acids is 1. The highest BCUT2D eigenvalue weighted by atomic mass is 35.5. The number of hydrogen-bond acceptors (Lipinski definition) is 4. The molecule has 0 radical (unpaired) electrons. The molecular formula is C18H23ClFN3O3. The lowest BCUT2D eigenvalue weighted by atomic mass is 10.1. The van der Waals surface area contributed by atoms with Gasteiger partial charge in [0.15, 0.2) is 0 Å². The number of likely N-dealkylation sites (tertiary alicyclic amines) is 1. The van der Waals surface area contributed by atoms with E-state index >= 15 is 0 Å². The third-order valence-electron chi connectivity index (χ3n) is 5.16. The quantitative estimate of drug-likeness (QED) is 0.838. The summed E-state index contributed by atoms with van der Waals surface area (Å²) in [4.78, 5) is 29.3. The van der Waals surface area contributed by atoms with Crippen molar-refractivity contribution < 1.29 is 19.1 Å². The van der Waals surface area contributed by atoms with Gasteiger partial charge in [-0.2, -0.15) is 0 Å². The van der Waals surface area contributed by atoms with E-state index in [9.17, 15) is 19.1 Å². The molecule has 0 aromatic heterocycles. The van der Waals surface area contributed by atoms with Gasteiger partial charge in [-0.1, -0.05) is 17.7 Å². The van der Waals surface area contributed by atoms with E-state index in [4.69, 9.17) is 11.6 Å². The van der Waals surface area contributed by atoms with Crippen LogP contribution < -0.4 is 0 Å². The Bertz CT molecular complexity index is 659. The Hall–Kier alpha value is -1.70. The normalized spacial score (nSPS) is 21.9. The Morgan fingerprint density at radius 1 is 1.19 bits per heavy atom. The predicted octanol–water partition coefficient (Wildman–Crippen LogP) is 1.67. The van der Waals surface area contributed by atoms with Crippen molar-refractivity contribution in [2.75, 3.05) is 39.3 Å². The smallest absolute Gasteiger partial charge is 0.320 e. The zero-order chi connectivity index (χ0) is 18.7. The summed E-state index contributed by atoms with van der Waals surface area (Å²) in [5.41, 5.74) is 0.482. The van der Waals surface area contributed by atoms with Crippen LogP contribution in [-0.4, -0.2) is 77.0 Å². The van der Waals surface area contributed by atoms with Gasteiger partial charge in [0, 0.05) is 43.3 Å². The highest BCUT2D eigenvalue weighted by Crippen LogP contribution is 2.22. The van der Waals surface area contributed by atoms with E-state index in [0.29, 0.717) is 56.3 Å². The molecule has 2 aliphatic rings. The summed E-state index contributed by atoms with van der Waals surface area (Å²) in [7, 11) is 0. The van der Waals surface area contributed by atoms with Crippen molar-refractivity contribution in [3.8, 4) is 0 Å². The SMILES string of the molecule is O=C(O)[C@H]1CCCN1CC(=O)N1CCN(Cc2c(F)cccc2Cl)CC1. The molecule has 2 saturated heterocycles. The molecule has 1 aromatic rings. The van der Waals surface area contributed by atoms with Crippen molar-refractivity contribution >= 4 is 23.5 Å². The average molecular weight is 384 g/mol. The topological polar surface area (TPSA) is 64.1 Å². The maximum Gasteiger partial charge on any atom is 0.320 e. The van der Waals surface area contributed by atoms with E-state index in [1.54, 1.807) is 21.9 Å². The Balaban J connectivity index is 1.50. The molecular weight excluding hydrogens is 361 g/mol. The van der Waals surface area contributed by atoms with Crippen LogP contribution in [0.5, 0.6) is 0 Å². The van der Waals surface area contributed by atoms with E-state index in [0.717, 1.165) is 6.42 Å². The van der Waals surface area contributed by atoms with Crippen LogP contribution in [0, 0.1) is 5.82 Å². The molecule has 0 bridgehead atoms. The lowest BCUT2D eigenvalue weighted by Gasteiger charge is -2.36. The van der Waals surface area contributed by atoms with Gasteiger partial charge in [0.2, 0.25) is 5.91 Å². The van der Waals surface area contributed by atoms with E-state index in [1.165, 1.54) is 6.07 Å². The van der Waals surface area contributed by atoms with Gasteiger partial charge in [0.25, 0.3) is 0 Å². The molecule has 2 aliphatic heterocycles. The fourth-order valence-electron chi connectivity index (χ4n) is 3.63. The van der Waals surface area contributed by atoms with Crippen molar-refractivity contribution in [2.45, 2.75) is 25.4 Å². The minimum atomic E-state index is -0.859. The van der Waals surface area contributed by atoms with Crippen LogP contribution in [0.15, 0.2) is 18.2 Å². The Labute approximate surface area is 157 Å². The Kier molecular flexibility index (Phi) is 6.11. The number of carboxylic acid groups (broad SMARTS) is 1. The minimum Gasteiger partial charge on any atom is -0.480 e. The third kappa shape index (κ3) is 4.34. The van der Waals surface area contributed by atoms with Gasteiger partial charge in [-0.05, 0) is 31.5 Å². The molecule has 3 rings (SSSR count). The standard InChI is InChI=1S/C18H23ClFN3O3/c19-14-3-1-4-15(20)13(14)11-21-7-9-22(10-8-21)17(24)12-23-6-2-5-16(23)18(25)26/h1,3-4,16H,2,5-12H2,(H,25,26)/t16-/m1/s1. The molecule has 2 heterocycles. The Morgan fingerprint density at radius 3 is 2.58 bits per heavy atom. The number of hydrogen-bond donors (Lipinski definition) is 1. The van der Waals surface area contributed by atoms with Crippen LogP contribution in [-0.2, 0) is 16.1 Å². The molecule has 0 aliphatic carbocycles. The molecule has 1 atom stereocenters. The monoisotopic (exact) mass is 383 g/mol. The fourth-order valence-corrected chi connectivity index (χ4v) is 3.85. The van der Waals surface area contributed by atoms with Crippen molar-refractivity contribution in [2.24, 2.45) is 0 Å². The third-order valence-corrected chi connectivity index (χ3v) is 5.51. The lowest BCUT2D eigenvalue weighted by molar-refractivity contribution is -0.143. The Morgan fingerprint density at radius 2 is 1.92 bits per heavy atom. The number of benzene rings is 1. The van der Waals surface area contributed by atoms with Crippen LogP contribution in [0.3, 0.4) is 0 Å². The number of aliphatic carboxylic acids is 1. The first-order chi connectivity index (χ1) is 12.5.